The highest BCUT2D eigenvalue weighted by Crippen LogP contribution is 2.40. The predicted molar refractivity (Wildman–Crippen MR) is 150 cm³/mol. The predicted octanol–water partition coefficient (Wildman–Crippen LogP) is 5.84. The number of nitrogens with zero attached hydrogens (tertiary/aromatic N) is 1. The minimum Gasteiger partial charge on any atom is -0.507 e. The van der Waals surface area contributed by atoms with Crippen LogP contribution in [-0.2, 0) is 17.3 Å². The summed E-state index contributed by atoms with van der Waals surface area (Å²) in [5, 5.41) is 20.0. The first-order valence-corrected chi connectivity index (χ1v) is 13.3. The molecule has 1 amide bonds. The first-order valence-electron chi connectivity index (χ1n) is 13.3. The molecule has 0 spiro atoms. The lowest BCUT2D eigenvalue weighted by molar-refractivity contribution is 0.0961. The fourth-order valence-corrected chi connectivity index (χ4v) is 5.31. The van der Waals surface area contributed by atoms with E-state index in [2.05, 4.69) is 6.92 Å². The molecule has 0 bridgehead atoms. The number of benzene rings is 2. The number of nitrogens with two attached hydrogens (primary N) is 1. The summed E-state index contributed by atoms with van der Waals surface area (Å²) in [4.78, 5) is 26.9. The monoisotopic (exact) mass is 505 g/mol. The summed E-state index contributed by atoms with van der Waals surface area (Å²) in [6.07, 6.45) is 2.69. The van der Waals surface area contributed by atoms with Crippen molar-refractivity contribution in [3.8, 4) is 5.75 Å². The van der Waals surface area contributed by atoms with Gasteiger partial charge in [0, 0.05) is 34.7 Å². The summed E-state index contributed by atoms with van der Waals surface area (Å²) in [6.45, 7) is 15.2. The van der Waals surface area contributed by atoms with Gasteiger partial charge < -0.3 is 15.7 Å². The summed E-state index contributed by atoms with van der Waals surface area (Å²) in [5.74, 6) is 0.570. The van der Waals surface area contributed by atoms with Crippen LogP contribution in [0.25, 0.3) is 0 Å². The van der Waals surface area contributed by atoms with Gasteiger partial charge in [-0.1, -0.05) is 67.0 Å². The third-order valence-electron chi connectivity index (χ3n) is 7.45. The normalized spacial score (nSPS) is 18.4. The van der Waals surface area contributed by atoms with Gasteiger partial charge in [-0.2, -0.15) is 0 Å². The van der Waals surface area contributed by atoms with Gasteiger partial charge in [-0.25, -0.2) is 0 Å². The number of amidine groups is 1. The van der Waals surface area contributed by atoms with E-state index in [1.807, 2.05) is 70.7 Å². The third kappa shape index (κ3) is 6.41. The van der Waals surface area contributed by atoms with Crippen molar-refractivity contribution in [3.05, 3.63) is 64.2 Å². The lowest BCUT2D eigenvalue weighted by Gasteiger charge is -2.28. The number of phenols is 1. The molecule has 3 rings (SSSR count). The summed E-state index contributed by atoms with van der Waals surface area (Å²) >= 11 is 0. The zero-order valence-corrected chi connectivity index (χ0v) is 23.4. The largest absolute Gasteiger partial charge is 0.507 e. The zero-order chi connectivity index (χ0) is 27.7. The molecular formula is C31H43N3O3. The number of carbonyl (C=O) groups is 2. The van der Waals surface area contributed by atoms with E-state index >= 15 is 0 Å². The van der Waals surface area contributed by atoms with Crippen molar-refractivity contribution in [1.29, 1.82) is 5.41 Å². The number of primary amides is 1. The molecule has 0 radical (unpaired) electrons. The van der Waals surface area contributed by atoms with Crippen LogP contribution in [-0.4, -0.2) is 40.6 Å². The number of hydrogen-bond donors (Lipinski definition) is 3. The van der Waals surface area contributed by atoms with Crippen molar-refractivity contribution >= 4 is 17.5 Å². The first-order chi connectivity index (χ1) is 17.1. The van der Waals surface area contributed by atoms with Crippen molar-refractivity contribution in [2.75, 3.05) is 13.1 Å². The number of nitrogens with one attached hydrogen (secondary N) is 1. The molecule has 1 aliphatic rings. The Balaban J connectivity index is 1.86. The molecule has 0 aliphatic carbocycles. The molecule has 2 atom stereocenters. The molecule has 37 heavy (non-hydrogen) atoms. The van der Waals surface area contributed by atoms with Crippen molar-refractivity contribution < 1.29 is 14.7 Å². The maximum Gasteiger partial charge on any atom is 0.248 e. The average Bonchev–Trinajstić information content (AvgIpc) is 3.07. The SMILES string of the molecule is CCCC1CN(CC(=O)c2cc(C(C)(C)C)c(O)c(C(C)(C)C)c2)C(=N)C1Cc1ccc(C(N)=O)cc1. The number of carbonyl (C=O) groups excluding carboxylic acids is 2. The Bertz CT molecular complexity index is 1130. The molecule has 1 saturated heterocycles. The van der Waals surface area contributed by atoms with E-state index in [0.717, 1.165) is 29.5 Å². The molecule has 200 valence electrons. The maximum absolute atomic E-state index is 13.6. The fraction of sp³-hybridized carbons (Fsp3) is 0.516. The minimum absolute atomic E-state index is 0.0160. The number of rotatable bonds is 8. The smallest absolute Gasteiger partial charge is 0.248 e. The van der Waals surface area contributed by atoms with Crippen molar-refractivity contribution in [2.45, 2.75) is 78.6 Å². The van der Waals surface area contributed by atoms with Gasteiger partial charge in [0.1, 0.15) is 11.6 Å². The Morgan fingerprint density at radius 3 is 2.00 bits per heavy atom. The molecule has 2 unspecified atom stereocenters. The van der Waals surface area contributed by atoms with Crippen LogP contribution in [0.15, 0.2) is 36.4 Å². The van der Waals surface area contributed by atoms with Gasteiger partial charge in [0.05, 0.1) is 6.54 Å². The third-order valence-corrected chi connectivity index (χ3v) is 7.45. The van der Waals surface area contributed by atoms with Crippen LogP contribution in [0.4, 0.5) is 0 Å². The highest BCUT2D eigenvalue weighted by atomic mass is 16.3. The average molecular weight is 506 g/mol. The van der Waals surface area contributed by atoms with E-state index in [-0.39, 0.29) is 40.7 Å². The van der Waals surface area contributed by atoms with Crippen LogP contribution in [0.5, 0.6) is 5.75 Å². The molecule has 0 saturated carbocycles. The Morgan fingerprint density at radius 2 is 1.54 bits per heavy atom. The van der Waals surface area contributed by atoms with Crippen molar-refractivity contribution in [1.82, 2.24) is 4.90 Å². The maximum atomic E-state index is 13.6. The van der Waals surface area contributed by atoms with E-state index in [9.17, 15) is 14.7 Å². The Morgan fingerprint density at radius 1 is 1.00 bits per heavy atom. The molecule has 4 N–H and O–H groups in total. The van der Waals surface area contributed by atoms with Gasteiger partial charge in [-0.05, 0) is 59.4 Å². The highest BCUT2D eigenvalue weighted by Gasteiger charge is 2.38. The molecular weight excluding hydrogens is 462 g/mol. The number of likely N-dealkylation sites (tertiary alicyclic amines) is 1. The van der Waals surface area contributed by atoms with Crippen LogP contribution in [0.2, 0.25) is 0 Å². The van der Waals surface area contributed by atoms with Crippen LogP contribution in [0.3, 0.4) is 0 Å². The van der Waals surface area contributed by atoms with Crippen LogP contribution >= 0.6 is 0 Å². The molecule has 1 aliphatic heterocycles. The summed E-state index contributed by atoms with van der Waals surface area (Å²) < 4.78 is 0. The summed E-state index contributed by atoms with van der Waals surface area (Å²) in [6, 6.07) is 10.9. The Hall–Kier alpha value is -3.15. The lowest BCUT2D eigenvalue weighted by atomic mass is 9.78. The van der Waals surface area contributed by atoms with Gasteiger partial charge in [0.25, 0.3) is 0 Å². The van der Waals surface area contributed by atoms with E-state index in [4.69, 9.17) is 11.1 Å². The van der Waals surface area contributed by atoms with E-state index in [1.54, 1.807) is 12.1 Å². The van der Waals surface area contributed by atoms with Gasteiger partial charge in [0.2, 0.25) is 5.91 Å². The van der Waals surface area contributed by atoms with Gasteiger partial charge in [-0.3, -0.25) is 15.0 Å². The van der Waals surface area contributed by atoms with Gasteiger partial charge in [-0.15, -0.1) is 0 Å². The minimum atomic E-state index is -0.452. The molecule has 1 fully saturated rings. The van der Waals surface area contributed by atoms with E-state index in [0.29, 0.717) is 29.9 Å². The number of aromatic hydroxyl groups is 1. The first kappa shape index (κ1) is 28.4. The molecule has 0 aromatic heterocycles. The second-order valence-corrected chi connectivity index (χ2v) is 12.5. The number of amides is 1. The molecule has 2 aromatic rings. The summed E-state index contributed by atoms with van der Waals surface area (Å²) in [7, 11) is 0. The lowest BCUT2D eigenvalue weighted by Crippen LogP contribution is -2.33. The number of Topliss-reactive ketones (excluding diaryl/α,β-unsaturated/α-hetero) is 1. The second-order valence-electron chi connectivity index (χ2n) is 12.5. The van der Waals surface area contributed by atoms with Crippen molar-refractivity contribution in [2.24, 2.45) is 17.6 Å². The standard InChI is InChI=1S/C31H43N3O3/c1-8-9-21-17-34(28(32)23(21)14-19-10-12-20(13-11-19)29(33)37)18-26(35)22-15-24(30(2,3)4)27(36)25(16-22)31(5,6)7/h10-13,15-16,21,23,32,36H,8-9,14,17-18H2,1-7H3,(H2,33,37). The number of ketones is 1. The molecule has 2 aromatic carbocycles. The topological polar surface area (TPSA) is 107 Å². The number of hydrogen-bond acceptors (Lipinski definition) is 4. The second kappa shape index (κ2) is 10.7. The molecule has 6 nitrogen and oxygen atoms in total. The van der Waals surface area contributed by atoms with Crippen LogP contribution in [0.1, 0.15) is 98.7 Å². The molecule has 6 heteroatoms. The summed E-state index contributed by atoms with van der Waals surface area (Å²) in [5.41, 5.74) is 8.37. The van der Waals surface area contributed by atoms with Gasteiger partial charge >= 0.3 is 0 Å². The van der Waals surface area contributed by atoms with Crippen LogP contribution < -0.4 is 5.73 Å². The van der Waals surface area contributed by atoms with E-state index < -0.39 is 5.91 Å². The van der Waals surface area contributed by atoms with Crippen LogP contribution in [0, 0.1) is 17.2 Å². The Labute approximate surface area is 221 Å². The Kier molecular flexibility index (Phi) is 8.21. The van der Waals surface area contributed by atoms with E-state index in [1.165, 1.54) is 0 Å². The number of phenolic OH excluding ortho intramolecular Hbond substituents is 1. The quantitative estimate of drug-likeness (QED) is 0.392. The fourth-order valence-electron chi connectivity index (χ4n) is 5.31. The zero-order valence-electron chi connectivity index (χ0n) is 23.4. The van der Waals surface area contributed by atoms with Gasteiger partial charge in [0.15, 0.2) is 5.78 Å². The highest BCUT2D eigenvalue weighted by molar-refractivity contribution is 6.01. The molecule has 1 heterocycles. The van der Waals surface area contributed by atoms with Crippen molar-refractivity contribution in [3.63, 3.8) is 0 Å².